The number of rotatable bonds is 7. The van der Waals surface area contributed by atoms with Crippen molar-refractivity contribution in [2.24, 2.45) is 0 Å². The van der Waals surface area contributed by atoms with E-state index in [4.69, 9.17) is 10.00 Å². The summed E-state index contributed by atoms with van der Waals surface area (Å²) in [6, 6.07) is 15.1. The molecule has 0 radical (unpaired) electrons. The molecule has 0 spiro atoms. The van der Waals surface area contributed by atoms with E-state index in [1.807, 2.05) is 6.07 Å². The summed E-state index contributed by atoms with van der Waals surface area (Å²) in [4.78, 5) is 12.1. The quantitative estimate of drug-likeness (QED) is 0.462. The van der Waals surface area contributed by atoms with E-state index in [0.29, 0.717) is 30.0 Å². The zero-order valence-electron chi connectivity index (χ0n) is 13.8. The van der Waals surface area contributed by atoms with Crippen LogP contribution in [0.5, 0.6) is 5.75 Å². The van der Waals surface area contributed by atoms with E-state index < -0.39 is 5.91 Å². The van der Waals surface area contributed by atoms with Gasteiger partial charge in [-0.05, 0) is 42.3 Å². The van der Waals surface area contributed by atoms with Crippen LogP contribution in [-0.2, 0) is 11.2 Å². The topological polar surface area (TPSA) is 74.1 Å². The number of methoxy groups -OCH3 is 1. The number of benzene rings is 2. The van der Waals surface area contributed by atoms with Crippen molar-refractivity contribution < 1.29 is 13.9 Å². The molecule has 0 aliphatic heterocycles. The van der Waals surface area contributed by atoms with Crippen LogP contribution in [0.3, 0.4) is 0 Å². The molecule has 2 rings (SSSR count). The van der Waals surface area contributed by atoms with Crippen molar-refractivity contribution in [2.75, 3.05) is 19.0 Å². The predicted octanol–water partition coefficient (Wildman–Crippen LogP) is 3.01. The lowest BCUT2D eigenvalue weighted by molar-refractivity contribution is -0.112. The maximum absolute atomic E-state index is 13.5. The highest BCUT2D eigenvalue weighted by atomic mass is 19.1. The second kappa shape index (κ2) is 9.08. The van der Waals surface area contributed by atoms with Crippen molar-refractivity contribution in [3.8, 4) is 11.8 Å². The molecule has 6 heteroatoms. The first-order valence-electron chi connectivity index (χ1n) is 7.66. The lowest BCUT2D eigenvalue weighted by atomic mass is 10.1. The van der Waals surface area contributed by atoms with Crippen LogP contribution in [0.25, 0.3) is 0 Å². The summed E-state index contributed by atoms with van der Waals surface area (Å²) in [5, 5.41) is 14.6. The van der Waals surface area contributed by atoms with Crippen LogP contribution in [-0.4, -0.2) is 19.6 Å². The van der Waals surface area contributed by atoms with Gasteiger partial charge >= 0.3 is 0 Å². The molecule has 0 saturated heterocycles. The number of nitrogens with zero attached hydrogens (tertiary/aromatic N) is 1. The summed E-state index contributed by atoms with van der Waals surface area (Å²) >= 11 is 0. The van der Waals surface area contributed by atoms with Gasteiger partial charge in [-0.3, -0.25) is 4.79 Å². The summed E-state index contributed by atoms with van der Waals surface area (Å²) in [7, 11) is 1.55. The van der Waals surface area contributed by atoms with E-state index in [2.05, 4.69) is 10.6 Å². The molecular weight excluding hydrogens is 321 g/mol. The minimum absolute atomic E-state index is 0.0654. The molecule has 0 bridgehead atoms. The minimum atomic E-state index is -0.522. The molecule has 0 aliphatic rings. The van der Waals surface area contributed by atoms with Crippen LogP contribution in [0.4, 0.5) is 10.1 Å². The number of anilines is 1. The first-order chi connectivity index (χ1) is 12.1. The molecule has 128 valence electrons. The molecule has 2 aromatic rings. The van der Waals surface area contributed by atoms with Gasteiger partial charge in [0, 0.05) is 18.4 Å². The van der Waals surface area contributed by atoms with Gasteiger partial charge in [0.2, 0.25) is 0 Å². The molecule has 0 atom stereocenters. The molecule has 25 heavy (non-hydrogen) atoms. The first kappa shape index (κ1) is 18.0. The normalized spacial score (nSPS) is 10.7. The Morgan fingerprint density at radius 2 is 1.96 bits per heavy atom. The standard InChI is InChI=1S/C19H18FN3O2/c1-25-17-8-6-16(7-9-17)23-19(24)15(12-21)13-22-11-10-14-4-2-3-5-18(14)20/h2-9,13,22H,10-11H2,1H3,(H,23,24)/b15-13-. The van der Waals surface area contributed by atoms with Crippen LogP contribution < -0.4 is 15.4 Å². The van der Waals surface area contributed by atoms with Crippen molar-refractivity contribution in [1.29, 1.82) is 5.26 Å². The number of carbonyl (C=O) groups is 1. The third-order valence-electron chi connectivity index (χ3n) is 3.46. The Labute approximate surface area is 145 Å². The Balaban J connectivity index is 1.89. The molecule has 0 aromatic heterocycles. The average molecular weight is 339 g/mol. The van der Waals surface area contributed by atoms with Crippen LogP contribution in [0.2, 0.25) is 0 Å². The molecule has 5 nitrogen and oxygen atoms in total. The first-order valence-corrected chi connectivity index (χ1v) is 7.66. The largest absolute Gasteiger partial charge is 0.497 e. The van der Waals surface area contributed by atoms with Gasteiger partial charge in [0.25, 0.3) is 5.91 Å². The second-order valence-electron chi connectivity index (χ2n) is 5.15. The molecule has 0 fully saturated rings. The third-order valence-corrected chi connectivity index (χ3v) is 3.46. The number of hydrogen-bond acceptors (Lipinski definition) is 4. The molecule has 0 saturated carbocycles. The van der Waals surface area contributed by atoms with E-state index in [0.717, 1.165) is 0 Å². The number of amides is 1. The van der Waals surface area contributed by atoms with E-state index in [-0.39, 0.29) is 11.4 Å². The lowest BCUT2D eigenvalue weighted by Gasteiger charge is -2.06. The van der Waals surface area contributed by atoms with Crippen LogP contribution in [0, 0.1) is 17.1 Å². The summed E-state index contributed by atoms with van der Waals surface area (Å²) in [5.74, 6) is -0.124. The summed E-state index contributed by atoms with van der Waals surface area (Å²) in [6.45, 7) is 0.405. The Morgan fingerprint density at radius 3 is 2.60 bits per heavy atom. The maximum atomic E-state index is 13.5. The highest BCUT2D eigenvalue weighted by Crippen LogP contribution is 2.15. The van der Waals surface area contributed by atoms with Crippen LogP contribution in [0.1, 0.15) is 5.56 Å². The van der Waals surface area contributed by atoms with Crippen molar-refractivity contribution in [3.05, 3.63) is 71.7 Å². The van der Waals surface area contributed by atoms with Crippen LogP contribution >= 0.6 is 0 Å². The van der Waals surface area contributed by atoms with E-state index in [9.17, 15) is 9.18 Å². The monoisotopic (exact) mass is 339 g/mol. The van der Waals surface area contributed by atoms with Crippen molar-refractivity contribution in [2.45, 2.75) is 6.42 Å². The molecule has 2 N–H and O–H groups in total. The molecule has 0 unspecified atom stereocenters. The molecule has 0 heterocycles. The predicted molar refractivity (Wildman–Crippen MR) is 93.4 cm³/mol. The Morgan fingerprint density at radius 1 is 1.24 bits per heavy atom. The van der Waals surface area contributed by atoms with Gasteiger partial charge in [0.1, 0.15) is 23.2 Å². The number of ether oxygens (including phenoxy) is 1. The van der Waals surface area contributed by atoms with Crippen molar-refractivity contribution >= 4 is 11.6 Å². The summed E-state index contributed by atoms with van der Waals surface area (Å²) in [6.07, 6.45) is 1.78. The SMILES string of the molecule is COc1ccc(NC(=O)/C(C#N)=C\NCCc2ccccc2F)cc1. The zero-order valence-corrected chi connectivity index (χ0v) is 13.8. The second-order valence-corrected chi connectivity index (χ2v) is 5.15. The fourth-order valence-electron chi connectivity index (χ4n) is 2.10. The minimum Gasteiger partial charge on any atom is -0.497 e. The summed E-state index contributed by atoms with van der Waals surface area (Å²) < 4.78 is 18.5. The fourth-order valence-corrected chi connectivity index (χ4v) is 2.10. The van der Waals surface area contributed by atoms with E-state index >= 15 is 0 Å². The number of halogens is 1. The average Bonchev–Trinajstić information content (AvgIpc) is 2.63. The van der Waals surface area contributed by atoms with Gasteiger partial charge in [0.05, 0.1) is 7.11 Å². The van der Waals surface area contributed by atoms with E-state index in [1.54, 1.807) is 49.6 Å². The number of nitrogens with one attached hydrogen (secondary N) is 2. The molecule has 0 aliphatic carbocycles. The number of nitriles is 1. The van der Waals surface area contributed by atoms with Crippen molar-refractivity contribution in [3.63, 3.8) is 0 Å². The van der Waals surface area contributed by atoms with Gasteiger partial charge in [-0.25, -0.2) is 4.39 Å². The maximum Gasteiger partial charge on any atom is 0.267 e. The Bertz CT molecular complexity index is 795. The summed E-state index contributed by atoms with van der Waals surface area (Å²) in [5.41, 5.74) is 1.06. The molecule has 2 aromatic carbocycles. The molecule has 1 amide bonds. The fraction of sp³-hybridized carbons (Fsp3) is 0.158. The highest BCUT2D eigenvalue weighted by Gasteiger charge is 2.09. The van der Waals surface area contributed by atoms with Gasteiger partial charge in [0.15, 0.2) is 0 Å². The van der Waals surface area contributed by atoms with Gasteiger partial charge < -0.3 is 15.4 Å². The lowest BCUT2D eigenvalue weighted by Crippen LogP contribution is -2.18. The van der Waals surface area contributed by atoms with Gasteiger partial charge in [-0.2, -0.15) is 5.26 Å². The Hall–Kier alpha value is -3.33. The van der Waals surface area contributed by atoms with Crippen molar-refractivity contribution in [1.82, 2.24) is 5.32 Å². The number of carbonyl (C=O) groups excluding carboxylic acids is 1. The zero-order chi connectivity index (χ0) is 18.1. The highest BCUT2D eigenvalue weighted by molar-refractivity contribution is 6.06. The Kier molecular flexibility index (Phi) is 6.55. The molecular formula is C19H18FN3O2. The smallest absolute Gasteiger partial charge is 0.267 e. The van der Waals surface area contributed by atoms with Gasteiger partial charge in [-0.1, -0.05) is 18.2 Å². The third kappa shape index (κ3) is 5.36. The van der Waals surface area contributed by atoms with Crippen LogP contribution in [0.15, 0.2) is 60.3 Å². The van der Waals surface area contributed by atoms with E-state index in [1.165, 1.54) is 12.3 Å². The number of hydrogen-bond donors (Lipinski definition) is 2. The van der Waals surface area contributed by atoms with Gasteiger partial charge in [-0.15, -0.1) is 0 Å².